The molecule has 1 aliphatic carbocycles. The van der Waals surface area contributed by atoms with Crippen LogP contribution in [0.25, 0.3) is 23.6 Å². The molecule has 0 radical (unpaired) electrons. The van der Waals surface area contributed by atoms with Crippen LogP contribution in [0.3, 0.4) is 0 Å². The van der Waals surface area contributed by atoms with Crippen LogP contribution >= 0.6 is 0 Å². The molecule has 0 atom stereocenters. The number of carbonyl (C=O) groups is 1. The summed E-state index contributed by atoms with van der Waals surface area (Å²) < 4.78 is 5.89. The first-order chi connectivity index (χ1) is 9.72. The fraction of sp³-hybridized carbons (Fsp3) is 0.214. The van der Waals surface area contributed by atoms with Crippen LogP contribution in [0.1, 0.15) is 18.4 Å². The van der Waals surface area contributed by atoms with Gasteiger partial charge in [0.05, 0.1) is 12.1 Å². The van der Waals surface area contributed by atoms with Crippen LogP contribution in [0.15, 0.2) is 10.6 Å². The molecule has 1 aliphatic heterocycles. The van der Waals surface area contributed by atoms with Gasteiger partial charge in [-0.25, -0.2) is 9.97 Å². The number of amides is 1. The summed E-state index contributed by atoms with van der Waals surface area (Å²) in [4.78, 5) is 20.2. The van der Waals surface area contributed by atoms with Gasteiger partial charge in [0, 0.05) is 17.0 Å². The van der Waals surface area contributed by atoms with Crippen LogP contribution in [0.4, 0.5) is 11.6 Å². The highest BCUT2D eigenvalue weighted by molar-refractivity contribution is 5.99. The molecule has 2 aliphatic rings. The Balaban J connectivity index is 2.10. The highest BCUT2D eigenvalue weighted by atomic mass is 16.3. The van der Waals surface area contributed by atoms with Crippen molar-refractivity contribution >= 4 is 29.7 Å². The largest absolute Gasteiger partial charge is 0.452 e. The minimum Gasteiger partial charge on any atom is -0.452 e. The number of rotatable bonds is 0. The molecule has 2 aromatic rings. The average molecular weight is 268 g/mol. The summed E-state index contributed by atoms with van der Waals surface area (Å²) in [5, 5.41) is 3.84. The van der Waals surface area contributed by atoms with Crippen LogP contribution in [0.5, 0.6) is 0 Å². The number of hydrogen-bond acceptors (Lipinski definition) is 5. The summed E-state index contributed by atoms with van der Waals surface area (Å²) in [6, 6.07) is 0. The molecule has 6 heteroatoms. The lowest BCUT2D eigenvalue weighted by Gasteiger charge is -2.02. The van der Waals surface area contributed by atoms with E-state index in [1.165, 1.54) is 0 Å². The number of aromatic nitrogens is 2. The van der Waals surface area contributed by atoms with Crippen LogP contribution in [-0.2, 0) is 11.2 Å². The van der Waals surface area contributed by atoms with Crippen LogP contribution in [0.2, 0.25) is 0 Å². The fourth-order valence-electron chi connectivity index (χ4n) is 2.65. The predicted octanol–water partition coefficient (Wildman–Crippen LogP) is 0.168. The molecule has 0 unspecified atom stereocenters. The van der Waals surface area contributed by atoms with Crippen LogP contribution < -0.4 is 21.7 Å². The number of fused-ring (bicyclic) bond motifs is 5. The number of furan rings is 1. The van der Waals surface area contributed by atoms with Gasteiger partial charge >= 0.3 is 0 Å². The molecule has 20 heavy (non-hydrogen) atoms. The Bertz CT molecular complexity index is 851. The van der Waals surface area contributed by atoms with E-state index in [4.69, 9.17) is 10.2 Å². The second-order valence-corrected chi connectivity index (χ2v) is 4.90. The van der Waals surface area contributed by atoms with E-state index in [9.17, 15) is 4.79 Å². The molecular weight excluding hydrogens is 256 g/mol. The van der Waals surface area contributed by atoms with Crippen molar-refractivity contribution in [1.82, 2.24) is 9.97 Å². The normalized spacial score (nSPS) is 15.9. The number of carbonyl (C=O) groups excluding carboxylic acids is 1. The predicted molar refractivity (Wildman–Crippen MR) is 73.9 cm³/mol. The molecule has 6 nitrogen and oxygen atoms in total. The number of hydrogen-bond donors (Lipinski definition) is 2. The second kappa shape index (κ2) is 3.93. The number of anilines is 2. The summed E-state index contributed by atoms with van der Waals surface area (Å²) in [7, 11) is 0. The first-order valence-corrected chi connectivity index (χ1v) is 6.47. The average Bonchev–Trinajstić information content (AvgIpc) is 2.73. The number of nitrogens with two attached hydrogens (primary N) is 1. The minimum atomic E-state index is -0.0963. The van der Waals surface area contributed by atoms with E-state index in [1.54, 1.807) is 6.20 Å². The Morgan fingerprint density at radius 1 is 1.30 bits per heavy atom. The van der Waals surface area contributed by atoms with Crippen molar-refractivity contribution < 1.29 is 9.21 Å². The zero-order chi connectivity index (χ0) is 13.7. The Hall–Kier alpha value is -2.63. The van der Waals surface area contributed by atoms with Gasteiger partial charge in [-0.1, -0.05) is 6.08 Å². The van der Waals surface area contributed by atoms with E-state index >= 15 is 0 Å². The molecule has 100 valence electrons. The maximum absolute atomic E-state index is 12.0. The van der Waals surface area contributed by atoms with Crippen molar-refractivity contribution in [2.75, 3.05) is 11.1 Å². The molecule has 1 amide bonds. The molecule has 0 bridgehead atoms. The van der Waals surface area contributed by atoms with Gasteiger partial charge in [0.25, 0.3) is 0 Å². The lowest BCUT2D eigenvalue weighted by molar-refractivity contribution is -0.115. The first-order valence-electron chi connectivity index (χ1n) is 6.47. The van der Waals surface area contributed by atoms with Gasteiger partial charge in [0.15, 0.2) is 5.76 Å². The quantitative estimate of drug-likeness (QED) is 0.710. The molecule has 0 fully saturated rings. The fourth-order valence-corrected chi connectivity index (χ4v) is 2.65. The van der Waals surface area contributed by atoms with Crippen molar-refractivity contribution in [2.24, 2.45) is 0 Å². The molecule has 2 aromatic heterocycles. The second-order valence-electron chi connectivity index (χ2n) is 4.90. The van der Waals surface area contributed by atoms with E-state index in [-0.39, 0.29) is 18.3 Å². The Kier molecular flexibility index (Phi) is 2.20. The minimum absolute atomic E-state index is 0.0963. The molecule has 4 rings (SSSR count). The Morgan fingerprint density at radius 2 is 2.15 bits per heavy atom. The summed E-state index contributed by atoms with van der Waals surface area (Å²) in [5.41, 5.74) is 8.46. The van der Waals surface area contributed by atoms with Gasteiger partial charge in [0.1, 0.15) is 11.1 Å². The third-order valence-electron chi connectivity index (χ3n) is 3.53. The molecule has 0 spiro atoms. The van der Waals surface area contributed by atoms with Crippen molar-refractivity contribution in [3.63, 3.8) is 0 Å². The van der Waals surface area contributed by atoms with Crippen molar-refractivity contribution in [3.8, 4) is 11.5 Å². The molecule has 3 heterocycles. The maximum atomic E-state index is 12.0. The van der Waals surface area contributed by atoms with E-state index in [1.807, 2.05) is 6.08 Å². The van der Waals surface area contributed by atoms with E-state index in [0.29, 0.717) is 17.1 Å². The highest BCUT2D eigenvalue weighted by Gasteiger charge is 2.25. The highest BCUT2D eigenvalue weighted by Crippen LogP contribution is 2.30. The maximum Gasteiger partial charge on any atom is 0.229 e. The molecular formula is C14H12N4O2. The smallest absolute Gasteiger partial charge is 0.229 e. The van der Waals surface area contributed by atoms with Gasteiger partial charge in [-0.05, 0) is 18.9 Å². The third-order valence-corrected chi connectivity index (χ3v) is 3.53. The van der Waals surface area contributed by atoms with Crippen molar-refractivity contribution in [3.05, 3.63) is 22.4 Å². The summed E-state index contributed by atoms with van der Waals surface area (Å²) in [6.07, 6.45) is 7.78. The SMILES string of the molecule is Nc1ncc2c(n1)-c1oc3c(c1NC(=O)C2)=CCCC=3. The molecule has 3 N–H and O–H groups in total. The topological polar surface area (TPSA) is 94.0 Å². The standard InChI is InChI=1S/C14H12N4O2/c15-14-16-6-7-5-10(19)17-12-8-3-1-2-4-9(8)20-13(12)11(7)18-14/h3-4,6H,1-2,5H2,(H,17,19)(H2,15,16,18). The van der Waals surface area contributed by atoms with E-state index < -0.39 is 0 Å². The molecule has 0 aromatic carbocycles. The zero-order valence-electron chi connectivity index (χ0n) is 10.6. The van der Waals surface area contributed by atoms with Gasteiger partial charge in [-0.15, -0.1) is 0 Å². The van der Waals surface area contributed by atoms with E-state index in [2.05, 4.69) is 21.4 Å². The third kappa shape index (κ3) is 1.54. The lowest BCUT2D eigenvalue weighted by Crippen LogP contribution is -2.26. The summed E-state index contributed by atoms with van der Waals surface area (Å²) in [6.45, 7) is 0. The number of nitrogens with zero attached hydrogens (tertiary/aromatic N) is 2. The lowest BCUT2D eigenvalue weighted by atomic mass is 10.1. The van der Waals surface area contributed by atoms with Gasteiger partial charge in [-0.2, -0.15) is 0 Å². The zero-order valence-corrected chi connectivity index (χ0v) is 10.6. The van der Waals surface area contributed by atoms with Crippen molar-refractivity contribution in [1.29, 1.82) is 0 Å². The van der Waals surface area contributed by atoms with Crippen LogP contribution in [0, 0.1) is 0 Å². The molecule has 0 saturated carbocycles. The Labute approximate surface area is 114 Å². The van der Waals surface area contributed by atoms with Gasteiger partial charge in [0.2, 0.25) is 11.9 Å². The Morgan fingerprint density at radius 3 is 3.05 bits per heavy atom. The van der Waals surface area contributed by atoms with Crippen LogP contribution in [-0.4, -0.2) is 15.9 Å². The number of nitrogens with one attached hydrogen (secondary N) is 1. The monoisotopic (exact) mass is 268 g/mol. The molecule has 0 saturated heterocycles. The number of nitrogen functional groups attached to an aromatic ring is 1. The first kappa shape index (κ1) is 11.2. The van der Waals surface area contributed by atoms with Crippen molar-refractivity contribution in [2.45, 2.75) is 19.3 Å². The summed E-state index contributed by atoms with van der Waals surface area (Å²) >= 11 is 0. The van der Waals surface area contributed by atoms with Gasteiger partial charge in [-0.3, -0.25) is 4.79 Å². The van der Waals surface area contributed by atoms with E-state index in [0.717, 1.165) is 29.0 Å². The summed E-state index contributed by atoms with van der Waals surface area (Å²) in [5.74, 6) is 0.645. The van der Waals surface area contributed by atoms with Gasteiger partial charge < -0.3 is 15.5 Å².